The van der Waals surface area contributed by atoms with Gasteiger partial charge in [0.15, 0.2) is 0 Å². The molecule has 0 amide bonds. The summed E-state index contributed by atoms with van der Waals surface area (Å²) in [5.41, 5.74) is 2.43. The fourth-order valence-electron chi connectivity index (χ4n) is 1.76. The van der Waals surface area contributed by atoms with Crippen LogP contribution in [-0.2, 0) is 0 Å². The zero-order chi connectivity index (χ0) is 15.5. The minimum absolute atomic E-state index is 0.0755. The average Bonchev–Trinajstić information content (AvgIpc) is 2.45. The van der Waals surface area contributed by atoms with E-state index in [-0.39, 0.29) is 5.92 Å². The highest BCUT2D eigenvalue weighted by Crippen LogP contribution is 2.22. The quantitative estimate of drug-likeness (QED) is 0.792. The third kappa shape index (κ3) is 4.36. The summed E-state index contributed by atoms with van der Waals surface area (Å²) >= 11 is 5.89. The third-order valence-electron chi connectivity index (χ3n) is 3.56. The van der Waals surface area contributed by atoms with E-state index in [9.17, 15) is 5.11 Å². The predicted molar refractivity (Wildman–Crippen MR) is 89.2 cm³/mol. The van der Waals surface area contributed by atoms with E-state index >= 15 is 0 Å². The first-order valence-corrected chi connectivity index (χ1v) is 7.34. The molecule has 108 valence electrons. The van der Waals surface area contributed by atoms with E-state index in [1.165, 1.54) is 0 Å². The monoisotopic (exact) mass is 298 g/mol. The Bertz CT molecular complexity index is 652. The van der Waals surface area contributed by atoms with Crippen LogP contribution in [0.5, 0.6) is 0 Å². The van der Waals surface area contributed by atoms with Crippen molar-refractivity contribution in [3.05, 3.63) is 59.1 Å². The summed E-state index contributed by atoms with van der Waals surface area (Å²) in [6, 6.07) is 15.8. The molecule has 1 unspecified atom stereocenters. The molecule has 2 aromatic rings. The minimum Gasteiger partial charge on any atom is -0.389 e. The van der Waals surface area contributed by atoms with Gasteiger partial charge in [-0.05, 0) is 56.2 Å². The molecule has 0 aliphatic rings. The Balaban J connectivity index is 2.16. The summed E-state index contributed by atoms with van der Waals surface area (Å²) in [4.78, 5) is 0. The molecule has 0 bridgehead atoms. The lowest BCUT2D eigenvalue weighted by atomic mass is 9.93. The number of halogens is 1. The number of benzene rings is 2. The van der Waals surface area contributed by atoms with Crippen LogP contribution in [0, 0.1) is 17.8 Å². The van der Waals surface area contributed by atoms with Crippen molar-refractivity contribution in [2.75, 3.05) is 0 Å². The lowest BCUT2D eigenvalue weighted by Crippen LogP contribution is -2.27. The minimum atomic E-state index is -0.782. The molecule has 1 N–H and O–H groups in total. The van der Waals surface area contributed by atoms with Crippen molar-refractivity contribution in [1.82, 2.24) is 0 Å². The van der Waals surface area contributed by atoms with Crippen LogP contribution in [0.25, 0.3) is 11.1 Å². The molecule has 21 heavy (non-hydrogen) atoms. The molecular weight excluding hydrogens is 280 g/mol. The first-order valence-electron chi connectivity index (χ1n) is 6.96. The molecule has 1 nitrogen and oxygen atoms in total. The van der Waals surface area contributed by atoms with Crippen molar-refractivity contribution in [2.45, 2.75) is 26.4 Å². The maximum Gasteiger partial charge on any atom is 0.0726 e. The Labute approximate surface area is 131 Å². The van der Waals surface area contributed by atoms with Crippen LogP contribution in [0.2, 0.25) is 5.02 Å². The van der Waals surface area contributed by atoms with E-state index in [2.05, 4.69) is 11.8 Å². The van der Waals surface area contributed by atoms with E-state index in [4.69, 9.17) is 11.6 Å². The number of aliphatic hydroxyl groups is 1. The highest BCUT2D eigenvalue weighted by Gasteiger charge is 2.19. The third-order valence-corrected chi connectivity index (χ3v) is 3.81. The van der Waals surface area contributed by atoms with E-state index in [0.717, 1.165) is 21.7 Å². The summed E-state index contributed by atoms with van der Waals surface area (Å²) < 4.78 is 0. The Morgan fingerprint density at radius 3 is 1.90 bits per heavy atom. The molecule has 0 radical (unpaired) electrons. The van der Waals surface area contributed by atoms with E-state index in [1.54, 1.807) is 13.8 Å². The zero-order valence-corrected chi connectivity index (χ0v) is 13.3. The molecular formula is C19H19ClO. The number of rotatable bonds is 2. The molecule has 0 saturated carbocycles. The van der Waals surface area contributed by atoms with Gasteiger partial charge in [0.05, 0.1) is 5.60 Å². The molecule has 1 atom stereocenters. The Kier molecular flexibility index (Phi) is 4.73. The van der Waals surface area contributed by atoms with Gasteiger partial charge >= 0.3 is 0 Å². The lowest BCUT2D eigenvalue weighted by Gasteiger charge is -2.20. The predicted octanol–water partition coefficient (Wildman–Crippen LogP) is 4.77. The maximum absolute atomic E-state index is 9.87. The Morgan fingerprint density at radius 1 is 0.952 bits per heavy atom. The molecule has 2 aromatic carbocycles. The summed E-state index contributed by atoms with van der Waals surface area (Å²) in [7, 11) is 0. The maximum atomic E-state index is 9.87. The molecule has 0 aliphatic carbocycles. The highest BCUT2D eigenvalue weighted by atomic mass is 35.5. The van der Waals surface area contributed by atoms with Crippen molar-refractivity contribution in [3.8, 4) is 23.0 Å². The fourth-order valence-corrected chi connectivity index (χ4v) is 1.88. The van der Waals surface area contributed by atoms with Gasteiger partial charge in [0.1, 0.15) is 0 Å². The van der Waals surface area contributed by atoms with Gasteiger partial charge in [-0.2, -0.15) is 0 Å². The second-order valence-electron chi connectivity index (χ2n) is 5.73. The van der Waals surface area contributed by atoms with Gasteiger partial charge < -0.3 is 5.11 Å². The first kappa shape index (κ1) is 15.6. The van der Waals surface area contributed by atoms with Gasteiger partial charge in [0.2, 0.25) is 0 Å². The zero-order valence-electron chi connectivity index (χ0n) is 12.5. The fraction of sp³-hybridized carbons (Fsp3) is 0.263. The SMILES string of the molecule is CC(C#Cc1ccc(-c2ccc(Cl)cc2)cc1)C(C)(C)O. The summed E-state index contributed by atoms with van der Waals surface area (Å²) in [6.45, 7) is 5.47. The van der Waals surface area contributed by atoms with Crippen LogP contribution in [0.3, 0.4) is 0 Å². The van der Waals surface area contributed by atoms with Gasteiger partial charge in [-0.1, -0.05) is 47.7 Å². The molecule has 0 aliphatic heterocycles. The summed E-state index contributed by atoms with van der Waals surface area (Å²) in [6.07, 6.45) is 0. The molecule has 0 heterocycles. The largest absolute Gasteiger partial charge is 0.389 e. The Hall–Kier alpha value is -1.75. The van der Waals surface area contributed by atoms with E-state index in [0.29, 0.717) is 0 Å². The normalized spacial score (nSPS) is 12.4. The van der Waals surface area contributed by atoms with Crippen molar-refractivity contribution in [2.24, 2.45) is 5.92 Å². The Morgan fingerprint density at radius 2 is 1.43 bits per heavy atom. The molecule has 2 heteroatoms. The van der Waals surface area contributed by atoms with Crippen molar-refractivity contribution in [3.63, 3.8) is 0 Å². The van der Waals surface area contributed by atoms with Crippen LogP contribution in [0.4, 0.5) is 0 Å². The van der Waals surface area contributed by atoms with Gasteiger partial charge in [0, 0.05) is 16.5 Å². The highest BCUT2D eigenvalue weighted by molar-refractivity contribution is 6.30. The van der Waals surface area contributed by atoms with Gasteiger partial charge in [-0.15, -0.1) is 0 Å². The molecule has 0 fully saturated rings. The van der Waals surface area contributed by atoms with Crippen molar-refractivity contribution in [1.29, 1.82) is 0 Å². The summed E-state index contributed by atoms with van der Waals surface area (Å²) in [5, 5.41) is 10.6. The van der Waals surface area contributed by atoms with E-state index in [1.807, 2.05) is 55.5 Å². The second-order valence-corrected chi connectivity index (χ2v) is 6.17. The van der Waals surface area contributed by atoms with Crippen LogP contribution < -0.4 is 0 Å². The first-order chi connectivity index (χ1) is 9.86. The number of hydrogen-bond acceptors (Lipinski definition) is 1. The second kappa shape index (κ2) is 6.35. The lowest BCUT2D eigenvalue weighted by molar-refractivity contribution is 0.0477. The number of hydrogen-bond donors (Lipinski definition) is 1. The van der Waals surface area contributed by atoms with Crippen molar-refractivity contribution < 1.29 is 5.11 Å². The molecule has 0 spiro atoms. The smallest absolute Gasteiger partial charge is 0.0726 e. The van der Waals surface area contributed by atoms with Crippen LogP contribution in [-0.4, -0.2) is 10.7 Å². The van der Waals surface area contributed by atoms with Gasteiger partial charge in [-0.3, -0.25) is 0 Å². The molecule has 0 saturated heterocycles. The van der Waals surface area contributed by atoms with Crippen LogP contribution in [0.1, 0.15) is 26.3 Å². The van der Waals surface area contributed by atoms with Crippen LogP contribution >= 0.6 is 11.6 Å². The van der Waals surface area contributed by atoms with E-state index < -0.39 is 5.60 Å². The standard InChI is InChI=1S/C19H19ClO/c1-14(19(2,3)21)4-5-15-6-8-16(9-7-15)17-10-12-18(20)13-11-17/h6-14,21H,1-3H3. The average molecular weight is 299 g/mol. The summed E-state index contributed by atoms with van der Waals surface area (Å²) in [5.74, 6) is 6.12. The van der Waals surface area contributed by atoms with Gasteiger partial charge in [-0.25, -0.2) is 0 Å². The van der Waals surface area contributed by atoms with Crippen LogP contribution in [0.15, 0.2) is 48.5 Å². The topological polar surface area (TPSA) is 20.2 Å². The van der Waals surface area contributed by atoms with Crippen molar-refractivity contribution >= 4 is 11.6 Å². The van der Waals surface area contributed by atoms with Gasteiger partial charge in [0.25, 0.3) is 0 Å². The molecule has 0 aromatic heterocycles. The molecule has 2 rings (SSSR count).